The van der Waals surface area contributed by atoms with Crippen LogP contribution in [-0.2, 0) is 6.42 Å². The van der Waals surface area contributed by atoms with Crippen molar-refractivity contribution in [2.75, 3.05) is 6.54 Å². The molecule has 0 saturated carbocycles. The van der Waals surface area contributed by atoms with Gasteiger partial charge in [0.25, 0.3) is 0 Å². The first-order chi connectivity index (χ1) is 5.65. The van der Waals surface area contributed by atoms with Gasteiger partial charge in [0.05, 0.1) is 5.02 Å². The van der Waals surface area contributed by atoms with Gasteiger partial charge >= 0.3 is 0 Å². The highest BCUT2D eigenvalue weighted by Gasteiger charge is 2.07. The van der Waals surface area contributed by atoms with Crippen molar-refractivity contribution in [3.8, 4) is 0 Å². The van der Waals surface area contributed by atoms with E-state index < -0.39 is 11.6 Å². The van der Waals surface area contributed by atoms with E-state index in [1.54, 1.807) is 0 Å². The molecule has 0 unspecified atom stereocenters. The molecule has 0 bridgehead atoms. The van der Waals surface area contributed by atoms with Crippen LogP contribution < -0.4 is 5.73 Å². The molecule has 0 fully saturated rings. The van der Waals surface area contributed by atoms with Gasteiger partial charge in [0.15, 0.2) is 11.6 Å². The van der Waals surface area contributed by atoms with Crippen molar-refractivity contribution < 1.29 is 8.78 Å². The molecule has 12 heavy (non-hydrogen) atoms. The summed E-state index contributed by atoms with van der Waals surface area (Å²) >= 11 is 5.40. The second-order valence-electron chi connectivity index (χ2n) is 2.41. The zero-order chi connectivity index (χ0) is 9.14. The Bertz CT molecular complexity index is 265. The lowest BCUT2D eigenvalue weighted by molar-refractivity contribution is 0.507. The molecule has 0 saturated heterocycles. The average molecular weight is 192 g/mol. The predicted molar refractivity (Wildman–Crippen MR) is 44.1 cm³/mol. The van der Waals surface area contributed by atoms with Crippen molar-refractivity contribution in [2.45, 2.75) is 6.42 Å². The fourth-order valence-electron chi connectivity index (χ4n) is 0.919. The van der Waals surface area contributed by atoms with E-state index in [1.807, 2.05) is 0 Å². The molecule has 0 spiro atoms. The second-order valence-corrected chi connectivity index (χ2v) is 2.82. The van der Waals surface area contributed by atoms with Crippen LogP contribution >= 0.6 is 11.6 Å². The van der Waals surface area contributed by atoms with E-state index in [9.17, 15) is 8.78 Å². The molecule has 0 aliphatic rings. The third-order valence-electron chi connectivity index (χ3n) is 1.48. The minimum absolute atomic E-state index is 0.196. The first kappa shape index (κ1) is 9.42. The number of rotatable bonds is 2. The second kappa shape index (κ2) is 3.83. The summed E-state index contributed by atoms with van der Waals surface area (Å²) in [4.78, 5) is 0. The summed E-state index contributed by atoms with van der Waals surface area (Å²) < 4.78 is 25.3. The van der Waals surface area contributed by atoms with Gasteiger partial charge in [-0.05, 0) is 30.7 Å². The van der Waals surface area contributed by atoms with Crippen molar-refractivity contribution in [3.05, 3.63) is 34.4 Å². The van der Waals surface area contributed by atoms with Gasteiger partial charge in [-0.25, -0.2) is 8.78 Å². The zero-order valence-electron chi connectivity index (χ0n) is 6.28. The normalized spacial score (nSPS) is 10.3. The molecule has 2 N–H and O–H groups in total. The smallest absolute Gasteiger partial charge is 0.177 e. The lowest BCUT2D eigenvalue weighted by Crippen LogP contribution is -2.03. The van der Waals surface area contributed by atoms with Gasteiger partial charge in [-0.1, -0.05) is 11.6 Å². The highest BCUT2D eigenvalue weighted by molar-refractivity contribution is 6.30. The van der Waals surface area contributed by atoms with Gasteiger partial charge in [-0.3, -0.25) is 0 Å². The topological polar surface area (TPSA) is 26.0 Å². The Hall–Kier alpha value is -0.670. The summed E-state index contributed by atoms with van der Waals surface area (Å²) in [5.41, 5.74) is 5.85. The van der Waals surface area contributed by atoms with Crippen LogP contribution in [0.1, 0.15) is 5.56 Å². The van der Waals surface area contributed by atoms with Gasteiger partial charge in [0.2, 0.25) is 0 Å². The maximum absolute atomic E-state index is 12.7. The molecular formula is C8H8ClF2N. The highest BCUT2D eigenvalue weighted by Crippen LogP contribution is 2.19. The molecule has 0 amide bonds. The quantitative estimate of drug-likeness (QED) is 0.712. The summed E-state index contributed by atoms with van der Waals surface area (Å²) in [5, 5.41) is -0.196. The zero-order valence-corrected chi connectivity index (χ0v) is 7.04. The van der Waals surface area contributed by atoms with Crippen LogP contribution in [0.3, 0.4) is 0 Å². The molecule has 0 radical (unpaired) electrons. The van der Waals surface area contributed by atoms with Crippen LogP contribution in [0, 0.1) is 11.6 Å². The van der Waals surface area contributed by atoms with E-state index in [0.29, 0.717) is 18.5 Å². The molecule has 0 aliphatic carbocycles. The van der Waals surface area contributed by atoms with Gasteiger partial charge in [-0.15, -0.1) is 0 Å². The number of benzene rings is 1. The third-order valence-corrected chi connectivity index (χ3v) is 1.75. The number of nitrogens with two attached hydrogens (primary N) is 1. The average Bonchev–Trinajstić information content (AvgIpc) is 2.01. The van der Waals surface area contributed by atoms with Crippen LogP contribution in [0.2, 0.25) is 5.02 Å². The highest BCUT2D eigenvalue weighted by atomic mass is 35.5. The Morgan fingerprint density at radius 3 is 2.50 bits per heavy atom. The molecule has 1 rings (SSSR count). The number of hydrogen-bond acceptors (Lipinski definition) is 1. The molecule has 66 valence electrons. The predicted octanol–water partition coefficient (Wildman–Crippen LogP) is 2.12. The largest absolute Gasteiger partial charge is 0.330 e. The maximum atomic E-state index is 12.7. The van der Waals surface area contributed by atoms with Crippen LogP contribution in [-0.4, -0.2) is 6.54 Å². The Balaban J connectivity index is 3.04. The summed E-state index contributed by atoms with van der Waals surface area (Å²) in [7, 11) is 0. The van der Waals surface area contributed by atoms with E-state index in [1.165, 1.54) is 6.07 Å². The molecule has 0 heterocycles. The van der Waals surface area contributed by atoms with E-state index >= 15 is 0 Å². The van der Waals surface area contributed by atoms with E-state index in [4.69, 9.17) is 17.3 Å². The molecule has 1 aromatic carbocycles. The fourth-order valence-corrected chi connectivity index (χ4v) is 1.15. The van der Waals surface area contributed by atoms with Crippen LogP contribution in [0.25, 0.3) is 0 Å². The Morgan fingerprint density at radius 2 is 2.00 bits per heavy atom. The summed E-state index contributed by atoms with van der Waals surface area (Å²) in [5.74, 6) is -1.93. The SMILES string of the molecule is NCCc1cc(F)c(F)c(Cl)c1. The van der Waals surface area contributed by atoms with E-state index in [0.717, 1.165) is 6.07 Å². The fraction of sp³-hybridized carbons (Fsp3) is 0.250. The molecular weight excluding hydrogens is 184 g/mol. The Morgan fingerprint density at radius 1 is 1.33 bits per heavy atom. The Labute approximate surface area is 74.1 Å². The van der Waals surface area contributed by atoms with Gasteiger partial charge < -0.3 is 5.73 Å². The van der Waals surface area contributed by atoms with Crippen molar-refractivity contribution in [3.63, 3.8) is 0 Å². The molecule has 0 atom stereocenters. The summed E-state index contributed by atoms with van der Waals surface area (Å²) in [6.45, 7) is 0.390. The molecule has 1 aromatic rings. The minimum Gasteiger partial charge on any atom is -0.330 e. The number of halogens is 3. The third kappa shape index (κ3) is 1.93. The van der Waals surface area contributed by atoms with Crippen molar-refractivity contribution in [1.29, 1.82) is 0 Å². The van der Waals surface area contributed by atoms with Crippen LogP contribution in [0.15, 0.2) is 12.1 Å². The number of hydrogen-bond donors (Lipinski definition) is 1. The maximum Gasteiger partial charge on any atom is 0.177 e. The van der Waals surface area contributed by atoms with Crippen LogP contribution in [0.4, 0.5) is 8.78 Å². The molecule has 1 nitrogen and oxygen atoms in total. The lowest BCUT2D eigenvalue weighted by atomic mass is 10.1. The standard InChI is InChI=1S/C8H8ClF2N/c9-6-3-5(1-2-12)4-7(10)8(6)11/h3-4H,1-2,12H2. The Kier molecular flexibility index (Phi) is 3.00. The summed E-state index contributed by atoms with van der Waals surface area (Å²) in [6, 6.07) is 2.49. The van der Waals surface area contributed by atoms with Gasteiger partial charge in [0, 0.05) is 0 Å². The summed E-state index contributed by atoms with van der Waals surface area (Å²) in [6.07, 6.45) is 0.497. The van der Waals surface area contributed by atoms with Gasteiger partial charge in [-0.2, -0.15) is 0 Å². The first-order valence-corrected chi connectivity index (χ1v) is 3.86. The van der Waals surface area contributed by atoms with E-state index in [2.05, 4.69) is 0 Å². The van der Waals surface area contributed by atoms with Crippen molar-refractivity contribution >= 4 is 11.6 Å². The lowest BCUT2D eigenvalue weighted by Gasteiger charge is -2.01. The van der Waals surface area contributed by atoms with Crippen molar-refractivity contribution in [1.82, 2.24) is 0 Å². The minimum atomic E-state index is -1.00. The monoisotopic (exact) mass is 191 g/mol. The first-order valence-electron chi connectivity index (χ1n) is 3.48. The van der Waals surface area contributed by atoms with Crippen LogP contribution in [0.5, 0.6) is 0 Å². The molecule has 4 heteroatoms. The molecule has 0 aliphatic heterocycles. The molecule has 0 aromatic heterocycles. The van der Waals surface area contributed by atoms with Crippen molar-refractivity contribution in [2.24, 2.45) is 5.73 Å². The van der Waals surface area contributed by atoms with E-state index in [-0.39, 0.29) is 5.02 Å². The van der Waals surface area contributed by atoms with Gasteiger partial charge in [0.1, 0.15) is 0 Å².